The maximum atomic E-state index is 12.3. The summed E-state index contributed by atoms with van der Waals surface area (Å²) < 4.78 is 4.63. The molecule has 0 aliphatic rings. The Morgan fingerprint density at radius 2 is 1.93 bits per heavy atom. The van der Waals surface area contributed by atoms with Gasteiger partial charge in [0.15, 0.2) is 6.04 Å². The number of nitrogens with zero attached hydrogens (tertiary/aromatic N) is 2. The van der Waals surface area contributed by atoms with E-state index in [1.54, 1.807) is 0 Å². The van der Waals surface area contributed by atoms with E-state index in [1.165, 1.54) is 42.5 Å². The normalized spacial score (nSPS) is 11.7. The Morgan fingerprint density at radius 1 is 1.24 bits per heavy atom. The molecule has 2 aromatic carbocycles. The van der Waals surface area contributed by atoms with Crippen LogP contribution in [0.3, 0.4) is 0 Å². The lowest BCUT2D eigenvalue weighted by molar-refractivity contribution is -0.384. The van der Waals surface area contributed by atoms with Crippen molar-refractivity contribution in [2.75, 3.05) is 7.11 Å². The third kappa shape index (κ3) is 6.44. The fraction of sp³-hybridized carbons (Fsp3) is 0.167. The molecule has 0 aliphatic heterocycles. The van der Waals surface area contributed by atoms with Crippen molar-refractivity contribution >= 4 is 47.0 Å². The Morgan fingerprint density at radius 3 is 2.52 bits per heavy atom. The second-order valence-electron chi connectivity index (χ2n) is 5.55. The van der Waals surface area contributed by atoms with Crippen LogP contribution >= 0.6 is 23.2 Å². The van der Waals surface area contributed by atoms with Crippen LogP contribution in [0.5, 0.6) is 0 Å². The van der Waals surface area contributed by atoms with Gasteiger partial charge in [-0.25, -0.2) is 4.79 Å². The van der Waals surface area contributed by atoms with E-state index >= 15 is 0 Å². The lowest BCUT2D eigenvalue weighted by Gasteiger charge is -2.13. The molecule has 11 heteroatoms. The topological polar surface area (TPSA) is 120 Å². The van der Waals surface area contributed by atoms with Crippen molar-refractivity contribution in [3.05, 3.63) is 73.8 Å². The number of nitro benzene ring substituents is 1. The van der Waals surface area contributed by atoms with Crippen LogP contribution in [0.15, 0.2) is 47.6 Å². The van der Waals surface area contributed by atoms with Crippen molar-refractivity contribution in [2.24, 2.45) is 5.16 Å². The smallest absolute Gasteiger partial charge is 0.334 e. The van der Waals surface area contributed by atoms with Crippen LogP contribution in [0.4, 0.5) is 5.69 Å². The van der Waals surface area contributed by atoms with Gasteiger partial charge >= 0.3 is 5.97 Å². The van der Waals surface area contributed by atoms with E-state index in [0.717, 1.165) is 13.3 Å². The molecule has 0 saturated carbocycles. The number of benzene rings is 2. The maximum absolute atomic E-state index is 12.3. The van der Waals surface area contributed by atoms with Gasteiger partial charge in [0.25, 0.3) is 11.6 Å². The zero-order chi connectivity index (χ0) is 21.4. The number of methoxy groups -OCH3 is 1. The molecule has 1 N–H and O–H groups in total. The molecule has 0 aromatic heterocycles. The first-order valence-electron chi connectivity index (χ1n) is 8.04. The molecule has 1 atom stereocenters. The molecule has 0 bridgehead atoms. The number of hydrogen-bond donors (Lipinski definition) is 1. The summed E-state index contributed by atoms with van der Waals surface area (Å²) in [5.74, 6) is -1.41. The number of ether oxygens (including phenoxy) is 1. The number of carbonyl (C=O) groups is 2. The third-order valence-corrected chi connectivity index (χ3v) is 4.13. The average molecular weight is 440 g/mol. The van der Waals surface area contributed by atoms with E-state index in [-0.39, 0.29) is 22.9 Å². The quantitative estimate of drug-likeness (QED) is 0.291. The minimum absolute atomic E-state index is 0.000649. The van der Waals surface area contributed by atoms with E-state index in [4.69, 9.17) is 28.0 Å². The van der Waals surface area contributed by atoms with E-state index in [1.807, 2.05) is 0 Å². The van der Waals surface area contributed by atoms with Crippen molar-refractivity contribution in [3.8, 4) is 0 Å². The van der Waals surface area contributed by atoms with Crippen LogP contribution in [-0.2, 0) is 21.0 Å². The molecule has 0 heterocycles. The highest BCUT2D eigenvalue weighted by molar-refractivity contribution is 6.36. The highest BCUT2D eigenvalue weighted by Crippen LogP contribution is 2.21. The van der Waals surface area contributed by atoms with Gasteiger partial charge in [0.1, 0.15) is 6.61 Å². The molecule has 0 aliphatic carbocycles. The number of esters is 1. The fourth-order valence-electron chi connectivity index (χ4n) is 2.11. The third-order valence-electron chi connectivity index (χ3n) is 3.58. The highest BCUT2D eigenvalue weighted by atomic mass is 35.5. The van der Waals surface area contributed by atoms with Crippen molar-refractivity contribution < 1.29 is 24.1 Å². The monoisotopic (exact) mass is 439 g/mol. The number of oxime groups is 1. The van der Waals surface area contributed by atoms with Gasteiger partial charge in [0.05, 0.1) is 28.8 Å². The number of nitro groups is 1. The first-order chi connectivity index (χ1) is 13.8. The molecular formula is C18H15Cl2N3O6. The van der Waals surface area contributed by atoms with Gasteiger partial charge in [0.2, 0.25) is 0 Å². The van der Waals surface area contributed by atoms with Crippen LogP contribution < -0.4 is 5.32 Å². The van der Waals surface area contributed by atoms with Gasteiger partial charge in [-0.05, 0) is 35.9 Å². The molecular weight excluding hydrogens is 425 g/mol. The number of non-ortho nitro benzene ring substituents is 1. The Balaban J connectivity index is 1.99. The predicted octanol–water partition coefficient (Wildman–Crippen LogP) is 3.38. The molecule has 0 fully saturated rings. The van der Waals surface area contributed by atoms with Crippen LogP contribution in [-0.4, -0.2) is 36.2 Å². The first kappa shape index (κ1) is 22.1. The number of halogens is 2. The zero-order valence-electron chi connectivity index (χ0n) is 15.0. The summed E-state index contributed by atoms with van der Waals surface area (Å²) >= 11 is 11.8. The van der Waals surface area contributed by atoms with Crippen LogP contribution in [0.2, 0.25) is 10.0 Å². The Kier molecular flexibility index (Phi) is 7.93. The first-order valence-corrected chi connectivity index (χ1v) is 8.80. The zero-order valence-corrected chi connectivity index (χ0v) is 16.5. The van der Waals surface area contributed by atoms with Crippen LogP contribution in [0.1, 0.15) is 15.9 Å². The second kappa shape index (κ2) is 10.4. The lowest BCUT2D eigenvalue weighted by Crippen LogP contribution is -2.42. The SMILES string of the molecule is COC(=O)[C@H](/C=N\OCc1ccc([N+](=O)[O-])cc1)NC(=O)c1ccc(Cl)cc1Cl. The Labute approximate surface area is 175 Å². The number of carbonyl (C=O) groups excluding carboxylic acids is 2. The van der Waals surface area contributed by atoms with E-state index in [0.29, 0.717) is 10.6 Å². The minimum Gasteiger partial charge on any atom is -0.467 e. The summed E-state index contributed by atoms with van der Waals surface area (Å²) in [5.41, 5.74) is 0.691. The van der Waals surface area contributed by atoms with Gasteiger partial charge in [-0.1, -0.05) is 28.4 Å². The molecule has 29 heavy (non-hydrogen) atoms. The van der Waals surface area contributed by atoms with Crippen molar-refractivity contribution in [3.63, 3.8) is 0 Å². The largest absolute Gasteiger partial charge is 0.467 e. The summed E-state index contributed by atoms with van der Waals surface area (Å²) in [6, 6.07) is 8.74. The second-order valence-corrected chi connectivity index (χ2v) is 6.39. The average Bonchev–Trinajstić information content (AvgIpc) is 2.69. The number of amides is 1. The number of hydrogen-bond acceptors (Lipinski definition) is 7. The van der Waals surface area contributed by atoms with E-state index < -0.39 is 22.8 Å². The molecule has 0 saturated heterocycles. The standard InChI is InChI=1S/C18H15Cl2N3O6/c1-28-18(25)16(22-17(24)14-7-4-12(19)8-15(14)20)9-21-29-10-11-2-5-13(6-3-11)23(26)27/h2-9,16H,10H2,1H3,(H,22,24)/b21-9-/t16-/m0/s1. The molecule has 2 rings (SSSR count). The summed E-state index contributed by atoms with van der Waals surface area (Å²) in [5, 5.41) is 17.2. The fourth-order valence-corrected chi connectivity index (χ4v) is 2.60. The summed E-state index contributed by atoms with van der Waals surface area (Å²) in [6.07, 6.45) is 1.05. The molecule has 152 valence electrons. The minimum atomic E-state index is -1.23. The van der Waals surface area contributed by atoms with Crippen molar-refractivity contribution in [1.82, 2.24) is 5.32 Å². The summed E-state index contributed by atoms with van der Waals surface area (Å²) in [7, 11) is 1.16. The summed E-state index contributed by atoms with van der Waals surface area (Å²) in [6.45, 7) is -0.000649. The molecule has 0 unspecified atom stereocenters. The van der Waals surface area contributed by atoms with E-state index in [9.17, 15) is 19.7 Å². The molecule has 0 spiro atoms. The molecule has 2 aromatic rings. The van der Waals surface area contributed by atoms with Gasteiger partial charge < -0.3 is 14.9 Å². The van der Waals surface area contributed by atoms with Crippen LogP contribution in [0.25, 0.3) is 0 Å². The van der Waals surface area contributed by atoms with Crippen molar-refractivity contribution in [1.29, 1.82) is 0 Å². The molecule has 1 amide bonds. The van der Waals surface area contributed by atoms with Crippen molar-refractivity contribution in [2.45, 2.75) is 12.6 Å². The van der Waals surface area contributed by atoms with Gasteiger partial charge in [-0.15, -0.1) is 0 Å². The van der Waals surface area contributed by atoms with Gasteiger partial charge in [0, 0.05) is 17.2 Å². The Hall–Kier alpha value is -3.17. The van der Waals surface area contributed by atoms with Gasteiger partial charge in [-0.3, -0.25) is 14.9 Å². The maximum Gasteiger partial charge on any atom is 0.334 e. The number of rotatable bonds is 8. The Bertz CT molecular complexity index is 934. The van der Waals surface area contributed by atoms with Crippen LogP contribution in [0, 0.1) is 10.1 Å². The van der Waals surface area contributed by atoms with E-state index in [2.05, 4.69) is 15.2 Å². The lowest BCUT2D eigenvalue weighted by atomic mass is 10.2. The highest BCUT2D eigenvalue weighted by Gasteiger charge is 2.22. The summed E-state index contributed by atoms with van der Waals surface area (Å²) in [4.78, 5) is 39.4. The predicted molar refractivity (Wildman–Crippen MR) is 106 cm³/mol. The number of nitrogens with one attached hydrogen (secondary N) is 1. The molecule has 9 nitrogen and oxygen atoms in total. The molecule has 0 radical (unpaired) electrons. The van der Waals surface area contributed by atoms with Gasteiger partial charge in [-0.2, -0.15) is 0 Å².